The van der Waals surface area contributed by atoms with E-state index in [1.54, 1.807) is 0 Å². The van der Waals surface area contributed by atoms with Gasteiger partial charge in [-0.3, -0.25) is 14.4 Å². The van der Waals surface area contributed by atoms with Gasteiger partial charge in [0.1, 0.15) is 5.78 Å². The van der Waals surface area contributed by atoms with Crippen LogP contribution in [0.5, 0.6) is 0 Å². The maximum Gasteiger partial charge on any atom is 0.309 e. The number of ether oxygens (including phenoxy) is 1. The Hall–Kier alpha value is -1.71. The first-order valence-corrected chi connectivity index (χ1v) is 11.7. The van der Waals surface area contributed by atoms with Gasteiger partial charge in [0.2, 0.25) is 0 Å². The number of rotatable bonds is 4. The maximum absolute atomic E-state index is 12.9. The van der Waals surface area contributed by atoms with Crippen molar-refractivity contribution in [1.29, 1.82) is 0 Å². The summed E-state index contributed by atoms with van der Waals surface area (Å²) in [6.07, 6.45) is 11.8. The molecular formula is C26H36O4. The SMILES string of the molecule is COC(=O)[C@@H]1CC2=CC(=O)CC[C@]2(C)C2=CC[C@@H](C)C(CC[C@]3(C)CCC(=O)C3)C21. The van der Waals surface area contributed by atoms with E-state index in [0.29, 0.717) is 36.9 Å². The van der Waals surface area contributed by atoms with Gasteiger partial charge in [-0.2, -0.15) is 0 Å². The highest BCUT2D eigenvalue weighted by Crippen LogP contribution is 2.60. The Morgan fingerprint density at radius 3 is 2.63 bits per heavy atom. The second kappa shape index (κ2) is 7.76. The van der Waals surface area contributed by atoms with Crippen LogP contribution in [0.15, 0.2) is 23.3 Å². The Balaban J connectivity index is 1.67. The Morgan fingerprint density at radius 1 is 1.20 bits per heavy atom. The standard InChI is InChI=1S/C26H36O4/c1-16-5-6-22-23(20(16)9-11-25(2)10-7-19(28)15-25)21(24(29)30-4)14-17-13-18(27)8-12-26(17,22)3/h6,13,16,20-21,23H,5,7-12,14-15H2,1-4H3/t16-,20?,21-,23?,25+,26+/m1/s1. The molecule has 2 saturated carbocycles. The fourth-order valence-electron chi connectivity index (χ4n) is 6.92. The summed E-state index contributed by atoms with van der Waals surface area (Å²) in [6.45, 7) is 6.85. The molecule has 0 spiro atoms. The molecule has 4 aliphatic carbocycles. The summed E-state index contributed by atoms with van der Waals surface area (Å²) >= 11 is 0. The molecule has 0 radical (unpaired) electrons. The van der Waals surface area contributed by atoms with Crippen molar-refractivity contribution >= 4 is 17.5 Å². The molecule has 4 aliphatic rings. The monoisotopic (exact) mass is 412 g/mol. The van der Waals surface area contributed by atoms with Crippen molar-refractivity contribution in [2.24, 2.45) is 34.5 Å². The van der Waals surface area contributed by atoms with E-state index in [9.17, 15) is 14.4 Å². The van der Waals surface area contributed by atoms with Crippen LogP contribution < -0.4 is 0 Å². The van der Waals surface area contributed by atoms with Gasteiger partial charge in [-0.1, -0.05) is 38.0 Å². The highest BCUT2D eigenvalue weighted by Gasteiger charge is 2.53. The minimum atomic E-state index is -0.211. The summed E-state index contributed by atoms with van der Waals surface area (Å²) in [6, 6.07) is 0. The molecule has 4 rings (SSSR count). The first-order chi connectivity index (χ1) is 14.2. The van der Waals surface area contributed by atoms with E-state index in [0.717, 1.165) is 44.1 Å². The lowest BCUT2D eigenvalue weighted by molar-refractivity contribution is -0.149. The third-order valence-electron chi connectivity index (χ3n) is 8.90. The van der Waals surface area contributed by atoms with Crippen LogP contribution in [0.2, 0.25) is 0 Å². The lowest BCUT2D eigenvalue weighted by atomic mass is 9.50. The minimum absolute atomic E-state index is 0.102. The number of fused-ring (bicyclic) bond motifs is 3. The second-order valence-electron chi connectivity index (χ2n) is 10.9. The summed E-state index contributed by atoms with van der Waals surface area (Å²) in [5.41, 5.74) is 2.51. The zero-order valence-corrected chi connectivity index (χ0v) is 19.0. The zero-order valence-electron chi connectivity index (χ0n) is 19.0. The van der Waals surface area contributed by atoms with E-state index in [1.807, 2.05) is 6.08 Å². The van der Waals surface area contributed by atoms with Crippen molar-refractivity contribution in [3.05, 3.63) is 23.3 Å². The number of esters is 1. The number of allylic oxidation sites excluding steroid dienone is 4. The topological polar surface area (TPSA) is 60.4 Å². The van der Waals surface area contributed by atoms with Gasteiger partial charge in [0, 0.05) is 24.7 Å². The van der Waals surface area contributed by atoms with Crippen molar-refractivity contribution in [2.45, 2.75) is 78.6 Å². The molecule has 0 saturated heterocycles. The van der Waals surface area contributed by atoms with Crippen LogP contribution in [-0.4, -0.2) is 24.6 Å². The maximum atomic E-state index is 12.9. The first kappa shape index (κ1) is 21.5. The summed E-state index contributed by atoms with van der Waals surface area (Å²) < 4.78 is 5.25. The Labute approximate surface area is 180 Å². The second-order valence-corrected chi connectivity index (χ2v) is 10.9. The van der Waals surface area contributed by atoms with Crippen LogP contribution in [-0.2, 0) is 19.1 Å². The van der Waals surface area contributed by atoms with Gasteiger partial charge in [-0.05, 0) is 67.8 Å². The molecular weight excluding hydrogens is 376 g/mol. The Morgan fingerprint density at radius 2 is 1.97 bits per heavy atom. The molecule has 2 unspecified atom stereocenters. The summed E-state index contributed by atoms with van der Waals surface area (Å²) in [7, 11) is 1.48. The zero-order chi connectivity index (χ0) is 21.7. The number of methoxy groups -OCH3 is 1. The number of carbonyl (C=O) groups is 3. The highest BCUT2D eigenvalue weighted by molar-refractivity contribution is 5.92. The number of carbonyl (C=O) groups excluding carboxylic acids is 3. The highest BCUT2D eigenvalue weighted by atomic mass is 16.5. The molecule has 164 valence electrons. The fourth-order valence-corrected chi connectivity index (χ4v) is 6.92. The molecule has 0 aromatic heterocycles. The van der Waals surface area contributed by atoms with Crippen molar-refractivity contribution in [3.63, 3.8) is 0 Å². The van der Waals surface area contributed by atoms with Crippen LogP contribution in [0.1, 0.15) is 78.6 Å². The number of Topliss-reactive ketones (excluding diaryl/α,β-unsaturated/α-hetero) is 1. The molecule has 0 aromatic rings. The molecule has 4 heteroatoms. The minimum Gasteiger partial charge on any atom is -0.469 e. The largest absolute Gasteiger partial charge is 0.469 e. The Kier molecular flexibility index (Phi) is 5.57. The van der Waals surface area contributed by atoms with Gasteiger partial charge >= 0.3 is 5.97 Å². The summed E-state index contributed by atoms with van der Waals surface area (Å²) in [4.78, 5) is 37.0. The molecule has 0 bridgehead atoms. The molecule has 0 aromatic carbocycles. The predicted octanol–water partition coefficient (Wildman–Crippen LogP) is 5.21. The van der Waals surface area contributed by atoms with Gasteiger partial charge < -0.3 is 4.74 Å². The summed E-state index contributed by atoms with van der Waals surface area (Å²) in [5.74, 6) is 1.32. The van der Waals surface area contributed by atoms with E-state index < -0.39 is 0 Å². The van der Waals surface area contributed by atoms with Crippen LogP contribution in [0.3, 0.4) is 0 Å². The lowest BCUT2D eigenvalue weighted by Gasteiger charge is -2.53. The average molecular weight is 413 g/mol. The normalized spacial score (nSPS) is 40.9. The van der Waals surface area contributed by atoms with Crippen molar-refractivity contribution in [1.82, 2.24) is 0 Å². The fraction of sp³-hybridized carbons (Fsp3) is 0.731. The summed E-state index contributed by atoms with van der Waals surface area (Å²) in [5, 5.41) is 0. The molecule has 0 amide bonds. The quantitative estimate of drug-likeness (QED) is 0.470. The van der Waals surface area contributed by atoms with Gasteiger partial charge in [-0.15, -0.1) is 0 Å². The van der Waals surface area contributed by atoms with Gasteiger partial charge in [0.25, 0.3) is 0 Å². The van der Waals surface area contributed by atoms with Gasteiger partial charge in [0.05, 0.1) is 13.0 Å². The van der Waals surface area contributed by atoms with Gasteiger partial charge in [0.15, 0.2) is 5.78 Å². The van der Waals surface area contributed by atoms with E-state index in [-0.39, 0.29) is 34.4 Å². The third kappa shape index (κ3) is 3.61. The molecule has 0 heterocycles. The predicted molar refractivity (Wildman–Crippen MR) is 116 cm³/mol. The molecule has 6 atom stereocenters. The van der Waals surface area contributed by atoms with Crippen molar-refractivity contribution in [3.8, 4) is 0 Å². The van der Waals surface area contributed by atoms with E-state index in [1.165, 1.54) is 12.7 Å². The average Bonchev–Trinajstić information content (AvgIpc) is 3.05. The van der Waals surface area contributed by atoms with E-state index in [2.05, 4.69) is 26.8 Å². The molecule has 4 nitrogen and oxygen atoms in total. The number of hydrogen-bond acceptors (Lipinski definition) is 4. The molecule has 2 fully saturated rings. The van der Waals surface area contributed by atoms with E-state index >= 15 is 0 Å². The smallest absolute Gasteiger partial charge is 0.309 e. The molecule has 0 aliphatic heterocycles. The number of hydrogen-bond donors (Lipinski definition) is 0. The molecule has 30 heavy (non-hydrogen) atoms. The lowest BCUT2D eigenvalue weighted by Crippen LogP contribution is -2.47. The van der Waals surface area contributed by atoms with Crippen LogP contribution in [0.4, 0.5) is 0 Å². The van der Waals surface area contributed by atoms with Crippen LogP contribution in [0, 0.1) is 34.5 Å². The van der Waals surface area contributed by atoms with E-state index in [4.69, 9.17) is 4.74 Å². The van der Waals surface area contributed by atoms with Crippen molar-refractivity contribution < 1.29 is 19.1 Å². The van der Waals surface area contributed by atoms with Crippen LogP contribution >= 0.6 is 0 Å². The Bertz CT molecular complexity index is 821. The molecule has 0 N–H and O–H groups in total. The third-order valence-corrected chi connectivity index (χ3v) is 8.90. The van der Waals surface area contributed by atoms with Crippen LogP contribution in [0.25, 0.3) is 0 Å². The first-order valence-electron chi connectivity index (χ1n) is 11.7. The number of ketones is 2. The van der Waals surface area contributed by atoms with Gasteiger partial charge in [-0.25, -0.2) is 0 Å². The van der Waals surface area contributed by atoms with Crippen molar-refractivity contribution in [2.75, 3.05) is 7.11 Å².